The normalized spacial score (nSPS) is 12.9. The predicted octanol–water partition coefficient (Wildman–Crippen LogP) is -0.848. The molecule has 0 bridgehead atoms. The second-order valence-corrected chi connectivity index (χ2v) is 3.24. The number of nitrogens with one attached hydrogen (secondary N) is 1. The van der Waals surface area contributed by atoms with E-state index in [0.717, 1.165) is 0 Å². The maximum Gasteiger partial charge on any atom is 0.237 e. The minimum absolute atomic E-state index is 0.168. The number of hydrogen-bond acceptors (Lipinski definition) is 7. The molecule has 0 aromatic heterocycles. The topological polar surface area (TPSA) is 108 Å². The molecule has 0 saturated carbocycles. The van der Waals surface area contributed by atoms with Gasteiger partial charge in [-0.15, -0.1) is 0 Å². The summed E-state index contributed by atoms with van der Waals surface area (Å²) in [6.07, 6.45) is 1.26. The van der Waals surface area contributed by atoms with Gasteiger partial charge in [-0.2, -0.15) is 12.6 Å². The molecule has 1 amide bonds. The number of thiol groups is 1. The summed E-state index contributed by atoms with van der Waals surface area (Å²) in [4.78, 5) is 15.4. The summed E-state index contributed by atoms with van der Waals surface area (Å²) >= 11 is 3.89. The van der Waals surface area contributed by atoms with Crippen LogP contribution in [0, 0.1) is 0 Å². The molecule has 0 aliphatic carbocycles. The summed E-state index contributed by atoms with van der Waals surface area (Å²) in [6, 6.07) is -0.588. The van der Waals surface area contributed by atoms with Crippen LogP contribution in [0.5, 0.6) is 0 Å². The Morgan fingerprint density at radius 3 is 2.73 bits per heavy atom. The Labute approximate surface area is 93.5 Å². The summed E-state index contributed by atoms with van der Waals surface area (Å²) < 4.78 is 0. The quantitative estimate of drug-likeness (QED) is 0.214. The lowest BCUT2D eigenvalue weighted by Crippen LogP contribution is -2.42. The van der Waals surface area contributed by atoms with Gasteiger partial charge in [0.05, 0.1) is 18.0 Å². The minimum Gasteiger partial charge on any atom is -0.355 e. The maximum absolute atomic E-state index is 11.1. The predicted molar refractivity (Wildman–Crippen MR) is 55.4 cm³/mol. The summed E-state index contributed by atoms with van der Waals surface area (Å²) in [5.74, 6) is 0.0655. The molecule has 0 fully saturated rings. The minimum atomic E-state index is -0.588. The Morgan fingerprint density at radius 2 is 2.20 bits per heavy atom. The molecule has 0 aliphatic rings. The van der Waals surface area contributed by atoms with Crippen LogP contribution in [0.2, 0.25) is 0 Å². The van der Waals surface area contributed by atoms with Crippen LogP contribution >= 0.6 is 12.6 Å². The smallest absolute Gasteiger partial charge is 0.237 e. The number of unbranched alkanes of at least 4 members (excludes halogenated alkanes) is 1. The van der Waals surface area contributed by atoms with Gasteiger partial charge in [0, 0.05) is 12.3 Å². The molecule has 8 heteroatoms. The summed E-state index contributed by atoms with van der Waals surface area (Å²) in [5.41, 5.74) is 5.41. The molecule has 15 heavy (non-hydrogen) atoms. The number of amides is 1. The molecule has 90 valence electrons. The molecule has 0 radical (unpaired) electrons. The number of carbonyl (C=O) groups is 1. The molecule has 0 aromatic rings. The van der Waals surface area contributed by atoms with Crippen molar-refractivity contribution in [2.24, 2.45) is 5.73 Å². The summed E-state index contributed by atoms with van der Waals surface area (Å²) in [5, 5.41) is 18.6. The Kier molecular flexibility index (Phi) is 8.67. The first-order chi connectivity index (χ1) is 7.07. The van der Waals surface area contributed by atoms with Gasteiger partial charge in [-0.3, -0.25) is 20.0 Å². The van der Waals surface area contributed by atoms with Crippen LogP contribution in [0.1, 0.15) is 12.8 Å². The molecule has 1 atom stereocenters. The van der Waals surface area contributed by atoms with Crippen molar-refractivity contribution >= 4 is 18.5 Å². The Hall–Kier alpha value is -0.380. The summed E-state index contributed by atoms with van der Waals surface area (Å²) in [6.45, 7) is 0.641. The fourth-order valence-corrected chi connectivity index (χ4v) is 0.965. The maximum atomic E-state index is 11.1. The molecule has 0 rings (SSSR count). The van der Waals surface area contributed by atoms with Gasteiger partial charge in [0.2, 0.25) is 5.91 Å². The second-order valence-electron chi connectivity index (χ2n) is 2.87. The standard InChI is InChI=1S/C7H17N3O4S/c8-6(5-15)7(11)9-3-1-2-4-14-10(12)13/h6,12-13,15H,1-5,8H2,(H,9,11). The molecule has 0 aromatic carbocycles. The van der Waals surface area contributed by atoms with Crippen molar-refractivity contribution in [3.63, 3.8) is 0 Å². The van der Waals surface area contributed by atoms with E-state index in [9.17, 15) is 4.79 Å². The van der Waals surface area contributed by atoms with Crippen molar-refractivity contribution in [3.8, 4) is 0 Å². The SMILES string of the molecule is NC(CS)C(=O)NCCCCON(O)O. The van der Waals surface area contributed by atoms with Crippen LogP contribution in [0.3, 0.4) is 0 Å². The van der Waals surface area contributed by atoms with Gasteiger partial charge in [-0.05, 0) is 12.8 Å². The van der Waals surface area contributed by atoms with Crippen LogP contribution in [-0.2, 0) is 9.63 Å². The van der Waals surface area contributed by atoms with Crippen LogP contribution in [-0.4, -0.2) is 46.7 Å². The van der Waals surface area contributed by atoms with Crippen LogP contribution < -0.4 is 11.1 Å². The largest absolute Gasteiger partial charge is 0.355 e. The third-order valence-electron chi connectivity index (χ3n) is 1.61. The molecular weight excluding hydrogens is 222 g/mol. The lowest BCUT2D eigenvalue weighted by atomic mass is 10.3. The highest BCUT2D eigenvalue weighted by atomic mass is 32.1. The molecule has 0 saturated heterocycles. The Morgan fingerprint density at radius 1 is 1.53 bits per heavy atom. The Bertz CT molecular complexity index is 182. The zero-order valence-corrected chi connectivity index (χ0v) is 9.19. The second kappa shape index (κ2) is 8.89. The first-order valence-corrected chi connectivity index (χ1v) is 5.16. The van der Waals surface area contributed by atoms with Crippen molar-refractivity contribution in [3.05, 3.63) is 0 Å². The van der Waals surface area contributed by atoms with Gasteiger partial charge in [0.15, 0.2) is 0 Å². The first kappa shape index (κ1) is 14.6. The number of carbonyl (C=O) groups excluding carboxylic acids is 1. The van der Waals surface area contributed by atoms with E-state index in [1.54, 1.807) is 0 Å². The zero-order chi connectivity index (χ0) is 11.7. The monoisotopic (exact) mass is 239 g/mol. The van der Waals surface area contributed by atoms with Gasteiger partial charge in [-0.25, -0.2) is 0 Å². The lowest BCUT2D eigenvalue weighted by molar-refractivity contribution is -0.492. The van der Waals surface area contributed by atoms with Gasteiger partial charge in [0.25, 0.3) is 0 Å². The number of hydrogen-bond donors (Lipinski definition) is 5. The molecule has 1 unspecified atom stereocenters. The van der Waals surface area contributed by atoms with Crippen LogP contribution in [0.15, 0.2) is 0 Å². The third-order valence-corrected chi connectivity index (χ3v) is 2.00. The highest BCUT2D eigenvalue weighted by Crippen LogP contribution is 1.90. The fourth-order valence-electron chi connectivity index (χ4n) is 0.799. The van der Waals surface area contributed by atoms with E-state index in [4.69, 9.17) is 16.1 Å². The van der Waals surface area contributed by atoms with Crippen LogP contribution in [0.4, 0.5) is 0 Å². The fraction of sp³-hybridized carbons (Fsp3) is 0.857. The van der Waals surface area contributed by atoms with Crippen molar-refractivity contribution in [1.82, 2.24) is 10.7 Å². The Balaban J connectivity index is 3.27. The molecule has 7 nitrogen and oxygen atoms in total. The van der Waals surface area contributed by atoms with E-state index in [-0.39, 0.29) is 17.9 Å². The molecular formula is C7H17N3O4S. The van der Waals surface area contributed by atoms with E-state index in [1.165, 1.54) is 0 Å². The van der Waals surface area contributed by atoms with Gasteiger partial charge < -0.3 is 11.1 Å². The number of rotatable bonds is 8. The molecule has 0 aliphatic heterocycles. The van der Waals surface area contributed by atoms with Crippen molar-refractivity contribution < 1.29 is 20.0 Å². The van der Waals surface area contributed by atoms with Gasteiger partial charge in [0.1, 0.15) is 0 Å². The number of nitrogens with two attached hydrogens (primary N) is 1. The molecule has 0 spiro atoms. The first-order valence-electron chi connectivity index (χ1n) is 4.53. The van der Waals surface area contributed by atoms with Crippen molar-refractivity contribution in [1.29, 1.82) is 0 Å². The molecule has 5 N–H and O–H groups in total. The lowest BCUT2D eigenvalue weighted by Gasteiger charge is -2.09. The average Bonchev–Trinajstić information content (AvgIpc) is 2.21. The van der Waals surface area contributed by atoms with Gasteiger partial charge in [-0.1, -0.05) is 0 Å². The van der Waals surface area contributed by atoms with Crippen molar-refractivity contribution in [2.45, 2.75) is 18.9 Å². The average molecular weight is 239 g/mol. The highest BCUT2D eigenvalue weighted by Gasteiger charge is 2.09. The van der Waals surface area contributed by atoms with E-state index < -0.39 is 6.04 Å². The van der Waals surface area contributed by atoms with Gasteiger partial charge >= 0.3 is 0 Å². The summed E-state index contributed by atoms with van der Waals surface area (Å²) in [7, 11) is 0. The zero-order valence-electron chi connectivity index (χ0n) is 8.30. The van der Waals surface area contributed by atoms with E-state index >= 15 is 0 Å². The van der Waals surface area contributed by atoms with Crippen LogP contribution in [0.25, 0.3) is 0 Å². The number of nitrogens with zero attached hydrogens (tertiary/aromatic N) is 1. The van der Waals surface area contributed by atoms with E-state index in [0.29, 0.717) is 25.1 Å². The highest BCUT2D eigenvalue weighted by molar-refractivity contribution is 7.80. The molecule has 0 heterocycles. The third kappa shape index (κ3) is 8.60. The van der Waals surface area contributed by atoms with E-state index in [1.807, 2.05) is 0 Å². The van der Waals surface area contributed by atoms with E-state index in [2.05, 4.69) is 22.8 Å². The van der Waals surface area contributed by atoms with Crippen molar-refractivity contribution in [2.75, 3.05) is 18.9 Å².